The number of aryl methyl sites for hydroxylation is 1. The molecule has 1 aromatic heterocycles. The lowest BCUT2D eigenvalue weighted by atomic mass is 10.1. The van der Waals surface area contributed by atoms with E-state index in [4.69, 9.17) is 4.74 Å². The Labute approximate surface area is 177 Å². The minimum atomic E-state index is -0.0648. The van der Waals surface area contributed by atoms with Crippen LogP contribution < -0.4 is 15.0 Å². The van der Waals surface area contributed by atoms with Gasteiger partial charge in [-0.2, -0.15) is 0 Å². The van der Waals surface area contributed by atoms with Gasteiger partial charge in [-0.05, 0) is 49.1 Å². The highest BCUT2D eigenvalue weighted by Gasteiger charge is 2.36. The van der Waals surface area contributed by atoms with Crippen molar-refractivity contribution in [3.63, 3.8) is 0 Å². The van der Waals surface area contributed by atoms with Crippen molar-refractivity contribution in [2.24, 2.45) is 0 Å². The number of hydrogen-bond acceptors (Lipinski definition) is 4. The number of urea groups is 1. The minimum Gasteiger partial charge on any atom is -0.497 e. The fraction of sp³-hybridized carbons (Fsp3) is 0.435. The first-order valence-corrected chi connectivity index (χ1v) is 10.6. The number of hydrogen-bond donors (Lipinski definition) is 1. The molecule has 158 valence electrons. The van der Waals surface area contributed by atoms with E-state index in [1.165, 1.54) is 12.8 Å². The molecule has 0 radical (unpaired) electrons. The quantitative estimate of drug-likeness (QED) is 0.755. The molecular weight excluding hydrogens is 380 g/mol. The van der Waals surface area contributed by atoms with Crippen molar-refractivity contribution in [1.82, 2.24) is 9.88 Å². The number of nitrogens with one attached hydrogen (secondary N) is 1. The fourth-order valence-electron chi connectivity index (χ4n) is 4.21. The van der Waals surface area contributed by atoms with Crippen molar-refractivity contribution in [2.75, 3.05) is 30.4 Å². The minimum absolute atomic E-state index is 0.0469. The van der Waals surface area contributed by atoms with Gasteiger partial charge in [0.05, 0.1) is 19.0 Å². The van der Waals surface area contributed by atoms with Crippen molar-refractivity contribution in [3.05, 3.63) is 48.2 Å². The molecule has 0 unspecified atom stereocenters. The van der Waals surface area contributed by atoms with Crippen LogP contribution in [0.15, 0.2) is 42.6 Å². The molecule has 1 aliphatic carbocycles. The highest BCUT2D eigenvalue weighted by atomic mass is 16.5. The summed E-state index contributed by atoms with van der Waals surface area (Å²) in [6, 6.07) is 11.7. The van der Waals surface area contributed by atoms with Crippen molar-refractivity contribution in [1.29, 1.82) is 0 Å². The second-order valence-electron chi connectivity index (χ2n) is 7.87. The first kappa shape index (κ1) is 20.2. The number of carbonyl (C=O) groups is 2. The van der Waals surface area contributed by atoms with Gasteiger partial charge < -0.3 is 15.0 Å². The van der Waals surface area contributed by atoms with E-state index in [0.29, 0.717) is 36.9 Å². The van der Waals surface area contributed by atoms with Crippen LogP contribution in [-0.4, -0.2) is 48.1 Å². The number of benzene rings is 1. The highest BCUT2D eigenvalue weighted by Crippen LogP contribution is 2.28. The number of rotatable bonds is 7. The van der Waals surface area contributed by atoms with E-state index in [-0.39, 0.29) is 11.9 Å². The van der Waals surface area contributed by atoms with Gasteiger partial charge in [0.2, 0.25) is 5.91 Å². The maximum absolute atomic E-state index is 12.8. The summed E-state index contributed by atoms with van der Waals surface area (Å²) in [7, 11) is 1.63. The van der Waals surface area contributed by atoms with Gasteiger partial charge in [-0.3, -0.25) is 9.69 Å². The van der Waals surface area contributed by atoms with Gasteiger partial charge in [-0.1, -0.05) is 25.0 Å². The van der Waals surface area contributed by atoms with E-state index >= 15 is 0 Å². The predicted molar refractivity (Wildman–Crippen MR) is 116 cm³/mol. The predicted octanol–water partition coefficient (Wildman–Crippen LogP) is 3.85. The van der Waals surface area contributed by atoms with Crippen LogP contribution in [0.2, 0.25) is 0 Å². The van der Waals surface area contributed by atoms with Crippen molar-refractivity contribution in [2.45, 2.75) is 44.6 Å². The van der Waals surface area contributed by atoms with Gasteiger partial charge in [0.15, 0.2) is 0 Å². The topological polar surface area (TPSA) is 74.8 Å². The Kier molecular flexibility index (Phi) is 6.16. The van der Waals surface area contributed by atoms with E-state index in [9.17, 15) is 9.59 Å². The van der Waals surface area contributed by atoms with Crippen LogP contribution in [-0.2, 0) is 11.2 Å². The standard InChI is InChI=1S/C23H28N4O3/c1-30-20-10-6-17(7-11-20)8-13-22(28)25-18-9-12-21(24-16-18)27-15-14-26(23(27)29)19-4-2-3-5-19/h6-7,9-12,16,19H,2-5,8,13-15H2,1H3,(H,25,28). The van der Waals surface area contributed by atoms with Gasteiger partial charge in [0.1, 0.15) is 11.6 Å². The third-order valence-corrected chi connectivity index (χ3v) is 5.91. The van der Waals surface area contributed by atoms with Crippen LogP contribution in [0.3, 0.4) is 0 Å². The molecule has 7 nitrogen and oxygen atoms in total. The summed E-state index contributed by atoms with van der Waals surface area (Å²) in [5.41, 5.74) is 1.72. The van der Waals surface area contributed by atoms with Crippen molar-refractivity contribution < 1.29 is 14.3 Å². The molecule has 1 saturated heterocycles. The van der Waals surface area contributed by atoms with Crippen LogP contribution in [0, 0.1) is 0 Å². The number of aromatic nitrogens is 1. The molecule has 4 rings (SSSR count). The monoisotopic (exact) mass is 408 g/mol. The van der Waals surface area contributed by atoms with Crippen molar-refractivity contribution in [3.8, 4) is 5.75 Å². The summed E-state index contributed by atoms with van der Waals surface area (Å²) >= 11 is 0. The van der Waals surface area contributed by atoms with Gasteiger partial charge in [0, 0.05) is 25.6 Å². The molecule has 0 spiro atoms. The Morgan fingerprint density at radius 1 is 1.13 bits per heavy atom. The maximum Gasteiger partial charge on any atom is 0.326 e. The molecule has 0 bridgehead atoms. The molecule has 3 amide bonds. The molecule has 0 atom stereocenters. The van der Waals surface area contributed by atoms with Gasteiger partial charge in [0.25, 0.3) is 0 Å². The van der Waals surface area contributed by atoms with E-state index in [1.807, 2.05) is 29.2 Å². The smallest absolute Gasteiger partial charge is 0.326 e. The summed E-state index contributed by atoms with van der Waals surface area (Å²) in [5, 5.41) is 2.88. The van der Waals surface area contributed by atoms with Crippen LogP contribution in [0.5, 0.6) is 5.75 Å². The maximum atomic E-state index is 12.8. The van der Waals surface area contributed by atoms with E-state index < -0.39 is 0 Å². The second kappa shape index (κ2) is 9.15. The first-order chi connectivity index (χ1) is 14.6. The molecule has 1 N–H and O–H groups in total. The molecule has 30 heavy (non-hydrogen) atoms. The van der Waals surface area contributed by atoms with E-state index in [2.05, 4.69) is 10.3 Å². The zero-order chi connectivity index (χ0) is 20.9. The summed E-state index contributed by atoms with van der Waals surface area (Å²) in [6.45, 7) is 1.42. The number of ether oxygens (including phenoxy) is 1. The summed E-state index contributed by atoms with van der Waals surface area (Å²) < 4.78 is 5.15. The molecule has 2 heterocycles. The lowest BCUT2D eigenvalue weighted by Crippen LogP contribution is -2.38. The average molecular weight is 409 g/mol. The Morgan fingerprint density at radius 3 is 2.57 bits per heavy atom. The van der Waals surface area contributed by atoms with Crippen LogP contribution >= 0.6 is 0 Å². The molecule has 2 aromatic rings. The Balaban J connectivity index is 1.29. The highest BCUT2D eigenvalue weighted by molar-refractivity contribution is 5.94. The zero-order valence-electron chi connectivity index (χ0n) is 17.3. The zero-order valence-corrected chi connectivity index (χ0v) is 17.3. The number of nitrogens with zero attached hydrogens (tertiary/aromatic N) is 3. The summed E-state index contributed by atoms with van der Waals surface area (Å²) in [4.78, 5) is 33.1. The lowest BCUT2D eigenvalue weighted by Gasteiger charge is -2.23. The summed E-state index contributed by atoms with van der Waals surface area (Å²) in [5.74, 6) is 1.37. The number of amides is 3. The second-order valence-corrected chi connectivity index (χ2v) is 7.87. The third-order valence-electron chi connectivity index (χ3n) is 5.91. The van der Waals surface area contributed by atoms with Crippen LogP contribution in [0.4, 0.5) is 16.3 Å². The van der Waals surface area contributed by atoms with Crippen LogP contribution in [0.1, 0.15) is 37.7 Å². The molecule has 1 aromatic carbocycles. The average Bonchev–Trinajstić information content (AvgIpc) is 3.43. The van der Waals surface area contributed by atoms with Crippen LogP contribution in [0.25, 0.3) is 0 Å². The van der Waals surface area contributed by atoms with Crippen molar-refractivity contribution >= 4 is 23.4 Å². The Morgan fingerprint density at radius 2 is 1.90 bits per heavy atom. The van der Waals surface area contributed by atoms with Gasteiger partial charge >= 0.3 is 6.03 Å². The number of anilines is 2. The largest absolute Gasteiger partial charge is 0.497 e. The van der Waals surface area contributed by atoms with Gasteiger partial charge in [-0.15, -0.1) is 0 Å². The van der Waals surface area contributed by atoms with E-state index in [1.54, 1.807) is 30.3 Å². The molecule has 2 fully saturated rings. The molecule has 1 saturated carbocycles. The fourth-order valence-corrected chi connectivity index (χ4v) is 4.21. The normalized spacial score (nSPS) is 16.9. The first-order valence-electron chi connectivity index (χ1n) is 10.6. The molecular formula is C23H28N4O3. The molecule has 7 heteroatoms. The lowest BCUT2D eigenvalue weighted by molar-refractivity contribution is -0.116. The van der Waals surface area contributed by atoms with E-state index in [0.717, 1.165) is 30.7 Å². The summed E-state index contributed by atoms with van der Waals surface area (Å²) in [6.07, 6.45) is 7.28. The Bertz CT molecular complexity index is 876. The Hall–Kier alpha value is -3.09. The molecule has 1 aliphatic heterocycles. The van der Waals surface area contributed by atoms with Gasteiger partial charge in [-0.25, -0.2) is 9.78 Å². The number of methoxy groups -OCH3 is 1. The SMILES string of the molecule is COc1ccc(CCC(=O)Nc2ccc(N3CCN(C4CCCC4)C3=O)nc2)cc1. The number of pyridine rings is 1. The molecule has 2 aliphatic rings. The third kappa shape index (κ3) is 4.56. The number of carbonyl (C=O) groups excluding carboxylic acids is 2.